The van der Waals surface area contributed by atoms with Crippen molar-refractivity contribution < 1.29 is 9.21 Å². The van der Waals surface area contributed by atoms with Crippen LogP contribution in [-0.4, -0.2) is 27.2 Å². The summed E-state index contributed by atoms with van der Waals surface area (Å²) in [6, 6.07) is 2.26. The third kappa shape index (κ3) is 2.48. The highest BCUT2D eigenvalue weighted by molar-refractivity contribution is 6.16. The minimum absolute atomic E-state index is 0.000547. The first-order valence-corrected chi connectivity index (χ1v) is 14.1. The molecule has 6 heteroatoms. The van der Waals surface area contributed by atoms with Gasteiger partial charge in [0.1, 0.15) is 11.6 Å². The van der Waals surface area contributed by atoms with Gasteiger partial charge in [-0.1, -0.05) is 53.2 Å². The molecule has 5 aliphatic carbocycles. The lowest BCUT2D eigenvalue weighted by atomic mass is 9.34. The summed E-state index contributed by atoms with van der Waals surface area (Å²) in [7, 11) is 0. The molecule has 6 aliphatic rings. The van der Waals surface area contributed by atoms with Gasteiger partial charge >= 0.3 is 0 Å². The molecule has 3 saturated carbocycles. The monoisotopic (exact) mass is 498 g/mol. The number of nitrogens with zero attached hydrogens (tertiary/aromatic N) is 4. The van der Waals surface area contributed by atoms with Crippen LogP contribution < -0.4 is 0 Å². The fraction of sp³-hybridized carbons (Fsp3) is 0.710. The van der Waals surface area contributed by atoms with Crippen LogP contribution in [0.15, 0.2) is 39.1 Å². The SMILES string of the molecule is CC1(C)C(=O)C(C#N)=C[C@]2(C)C3=CC4=N[C@]45[C@@H]4CC(c6nnco6)CC[C@]4(C)CC[C@@]5(C)[C@]3(C)CC[C@@H]12. The predicted molar refractivity (Wildman–Crippen MR) is 139 cm³/mol. The van der Waals surface area contributed by atoms with Crippen molar-refractivity contribution in [3.8, 4) is 6.07 Å². The molecular formula is C31H38N4O2. The number of rotatable bonds is 1. The highest BCUT2D eigenvalue weighted by atomic mass is 16.4. The van der Waals surface area contributed by atoms with Gasteiger partial charge in [0.25, 0.3) is 0 Å². The molecule has 1 aliphatic heterocycles. The van der Waals surface area contributed by atoms with Crippen molar-refractivity contribution in [1.29, 1.82) is 5.26 Å². The number of carbonyl (C=O) groups is 1. The summed E-state index contributed by atoms with van der Waals surface area (Å²) >= 11 is 0. The fourth-order valence-electron chi connectivity index (χ4n) is 10.6. The topological polar surface area (TPSA) is 92.1 Å². The van der Waals surface area contributed by atoms with E-state index in [2.05, 4.69) is 63.9 Å². The number of fused-ring (bicyclic) bond motifs is 5. The largest absolute Gasteiger partial charge is 0.428 e. The lowest BCUT2D eigenvalue weighted by Crippen LogP contribution is -2.67. The Morgan fingerprint density at radius 2 is 1.81 bits per heavy atom. The van der Waals surface area contributed by atoms with Crippen molar-refractivity contribution in [3.63, 3.8) is 0 Å². The first-order chi connectivity index (χ1) is 17.4. The minimum Gasteiger partial charge on any atom is -0.428 e. The van der Waals surface area contributed by atoms with Crippen LogP contribution in [0.5, 0.6) is 0 Å². The van der Waals surface area contributed by atoms with Gasteiger partial charge in [0.2, 0.25) is 12.3 Å². The molecule has 194 valence electrons. The Morgan fingerprint density at radius 3 is 2.51 bits per heavy atom. The second-order valence-electron chi connectivity index (χ2n) is 14.5. The minimum atomic E-state index is -0.552. The second-order valence-corrected chi connectivity index (χ2v) is 14.5. The Hall–Kier alpha value is -2.55. The van der Waals surface area contributed by atoms with Gasteiger partial charge in [0.05, 0.1) is 11.3 Å². The first-order valence-electron chi connectivity index (χ1n) is 14.1. The lowest BCUT2D eigenvalue weighted by molar-refractivity contribution is -0.136. The second kappa shape index (κ2) is 6.71. The summed E-state index contributed by atoms with van der Waals surface area (Å²) in [6.45, 7) is 13.9. The summed E-state index contributed by atoms with van der Waals surface area (Å²) < 4.78 is 5.69. The quantitative estimate of drug-likeness (QED) is 0.448. The molecule has 0 saturated heterocycles. The molecule has 0 aromatic carbocycles. The molecule has 2 heterocycles. The fourth-order valence-corrected chi connectivity index (χ4v) is 10.6. The number of Topliss-reactive ketones (excluding diaryl/α,β-unsaturated/α-hetero) is 1. The Morgan fingerprint density at radius 1 is 1.03 bits per heavy atom. The number of allylic oxidation sites excluding steroid dienone is 3. The maximum absolute atomic E-state index is 13.2. The Balaban J connectivity index is 1.37. The molecule has 1 spiro atoms. The van der Waals surface area contributed by atoms with E-state index < -0.39 is 5.41 Å². The average Bonchev–Trinajstić information content (AvgIpc) is 3.32. The Bertz CT molecular complexity index is 1360. The maximum Gasteiger partial charge on any atom is 0.219 e. The molecule has 1 aromatic rings. The van der Waals surface area contributed by atoms with Crippen molar-refractivity contribution >= 4 is 11.5 Å². The van der Waals surface area contributed by atoms with E-state index >= 15 is 0 Å². The van der Waals surface area contributed by atoms with E-state index in [1.54, 1.807) is 0 Å². The molecule has 0 radical (unpaired) electrons. The lowest BCUT2D eigenvalue weighted by Gasteiger charge is -2.68. The van der Waals surface area contributed by atoms with Gasteiger partial charge in [0, 0.05) is 22.2 Å². The molecule has 1 unspecified atom stereocenters. The van der Waals surface area contributed by atoms with E-state index in [0.717, 1.165) is 38.0 Å². The summed E-state index contributed by atoms with van der Waals surface area (Å²) in [4.78, 5) is 18.7. The molecule has 0 bridgehead atoms. The van der Waals surface area contributed by atoms with Crippen LogP contribution in [0, 0.1) is 50.2 Å². The van der Waals surface area contributed by atoms with Gasteiger partial charge in [-0.2, -0.15) is 5.26 Å². The third-order valence-corrected chi connectivity index (χ3v) is 12.9. The van der Waals surface area contributed by atoms with Gasteiger partial charge in [-0.3, -0.25) is 9.79 Å². The van der Waals surface area contributed by atoms with E-state index in [4.69, 9.17) is 9.41 Å². The van der Waals surface area contributed by atoms with Crippen molar-refractivity contribution in [2.24, 2.45) is 43.9 Å². The van der Waals surface area contributed by atoms with Crippen molar-refractivity contribution in [2.75, 3.05) is 0 Å². The first kappa shape index (κ1) is 23.6. The zero-order valence-electron chi connectivity index (χ0n) is 23.0. The maximum atomic E-state index is 13.2. The molecule has 8 atom stereocenters. The van der Waals surface area contributed by atoms with Gasteiger partial charge in [-0.05, 0) is 73.7 Å². The Labute approximate surface area is 219 Å². The smallest absolute Gasteiger partial charge is 0.219 e. The zero-order chi connectivity index (χ0) is 26.2. The molecule has 0 amide bonds. The van der Waals surface area contributed by atoms with E-state index in [1.807, 2.05) is 6.08 Å². The summed E-state index contributed by atoms with van der Waals surface area (Å²) in [5.41, 5.74) is 2.20. The summed E-state index contributed by atoms with van der Waals surface area (Å²) in [5, 5.41) is 18.2. The van der Waals surface area contributed by atoms with Gasteiger partial charge in [-0.15, -0.1) is 10.2 Å². The summed E-state index contributed by atoms with van der Waals surface area (Å²) in [6.07, 6.45) is 13.6. The Kier molecular flexibility index (Phi) is 4.27. The van der Waals surface area contributed by atoms with Crippen LogP contribution in [0.4, 0.5) is 0 Å². The van der Waals surface area contributed by atoms with Crippen molar-refractivity contribution in [2.45, 2.75) is 97.9 Å². The predicted octanol–water partition coefficient (Wildman–Crippen LogP) is 6.37. The van der Waals surface area contributed by atoms with Crippen LogP contribution in [0.3, 0.4) is 0 Å². The zero-order valence-corrected chi connectivity index (χ0v) is 23.0. The number of ketones is 1. The third-order valence-electron chi connectivity index (χ3n) is 12.9. The van der Waals surface area contributed by atoms with E-state index in [1.165, 1.54) is 30.5 Å². The van der Waals surface area contributed by atoms with Gasteiger partial charge < -0.3 is 4.42 Å². The number of nitriles is 1. The molecule has 37 heavy (non-hydrogen) atoms. The molecule has 3 fully saturated rings. The van der Waals surface area contributed by atoms with Crippen molar-refractivity contribution in [1.82, 2.24) is 10.2 Å². The average molecular weight is 499 g/mol. The number of carbonyl (C=O) groups excluding carboxylic acids is 1. The summed E-state index contributed by atoms with van der Waals surface area (Å²) in [5.74, 6) is 1.72. The molecule has 6 nitrogen and oxygen atoms in total. The van der Waals surface area contributed by atoms with Gasteiger partial charge in [0.15, 0.2) is 5.78 Å². The highest BCUT2D eigenvalue weighted by Crippen LogP contribution is 2.79. The molecule has 7 rings (SSSR count). The van der Waals surface area contributed by atoms with Crippen molar-refractivity contribution in [3.05, 3.63) is 35.6 Å². The number of hydrogen-bond acceptors (Lipinski definition) is 6. The normalized spacial score (nSPS) is 49.1. The molecule has 1 aromatic heterocycles. The van der Waals surface area contributed by atoms with E-state index in [0.29, 0.717) is 17.4 Å². The van der Waals surface area contributed by atoms with Crippen LogP contribution in [0.1, 0.15) is 98.3 Å². The van der Waals surface area contributed by atoms with E-state index in [9.17, 15) is 10.1 Å². The standard InChI is InChI=1S/C31H38N4O2/c1-26(2)20-8-10-29(5)22(28(20,4)15-19(16-32)24(26)36)14-23-31(34-23)21-13-18(25-35-33-17-37-25)7-9-27(21,3)11-12-30(29,31)6/h14-15,17-18,20-21H,7-13H2,1-6H3/t18?,20-,21+,27+,28-,29+,30-,31+/m0/s1. The highest BCUT2D eigenvalue weighted by Gasteiger charge is 2.78. The van der Waals surface area contributed by atoms with Crippen LogP contribution in [0.25, 0.3) is 0 Å². The van der Waals surface area contributed by atoms with Crippen LogP contribution >= 0.6 is 0 Å². The number of aliphatic imine (C=N–C) groups is 1. The molecular weight excluding hydrogens is 460 g/mol. The van der Waals surface area contributed by atoms with E-state index in [-0.39, 0.29) is 38.9 Å². The number of hydrogen-bond donors (Lipinski definition) is 0. The van der Waals surface area contributed by atoms with Gasteiger partial charge in [-0.25, -0.2) is 0 Å². The van der Waals surface area contributed by atoms with Crippen LogP contribution in [0.2, 0.25) is 0 Å². The number of aromatic nitrogens is 2. The molecule has 0 N–H and O–H groups in total. The van der Waals surface area contributed by atoms with Crippen LogP contribution in [-0.2, 0) is 4.79 Å².